The van der Waals surface area contributed by atoms with Gasteiger partial charge in [0.15, 0.2) is 0 Å². The number of methoxy groups -OCH3 is 1. The van der Waals surface area contributed by atoms with Crippen LogP contribution >= 0.6 is 0 Å². The quantitative estimate of drug-likeness (QED) is 0.775. The maximum Gasteiger partial charge on any atom is 0.329 e. The molecule has 0 saturated carbocycles. The third-order valence-corrected chi connectivity index (χ3v) is 3.13. The smallest absolute Gasteiger partial charge is 0.329 e. The second-order valence-electron chi connectivity index (χ2n) is 4.77. The van der Waals surface area contributed by atoms with Crippen molar-refractivity contribution in [2.45, 2.75) is 19.9 Å². The Morgan fingerprint density at radius 1 is 1.26 bits per heavy atom. The SMILES string of the molecule is COCCOc1cccc2c1n(C)c(=O)n2C(C)C. The average Bonchev–Trinajstić information content (AvgIpc) is 2.63. The minimum atomic E-state index is -0.0206. The van der Waals surface area contributed by atoms with Crippen molar-refractivity contribution < 1.29 is 9.47 Å². The first kappa shape index (κ1) is 13.7. The number of nitrogens with zero attached hydrogens (tertiary/aromatic N) is 2. The molecule has 0 aliphatic rings. The Hall–Kier alpha value is -1.75. The molecule has 0 spiro atoms. The molecule has 2 rings (SSSR count). The second kappa shape index (κ2) is 5.48. The average molecular weight is 264 g/mol. The summed E-state index contributed by atoms with van der Waals surface area (Å²) in [4.78, 5) is 12.3. The monoisotopic (exact) mass is 264 g/mol. The minimum absolute atomic E-state index is 0.0206. The van der Waals surface area contributed by atoms with E-state index in [0.29, 0.717) is 19.0 Å². The van der Waals surface area contributed by atoms with E-state index in [0.717, 1.165) is 11.0 Å². The Bertz CT molecular complexity index is 625. The Balaban J connectivity index is 2.56. The van der Waals surface area contributed by atoms with Gasteiger partial charge in [0.05, 0.1) is 12.1 Å². The zero-order chi connectivity index (χ0) is 14.0. The van der Waals surface area contributed by atoms with Crippen LogP contribution in [-0.4, -0.2) is 29.5 Å². The van der Waals surface area contributed by atoms with Crippen molar-refractivity contribution in [2.75, 3.05) is 20.3 Å². The van der Waals surface area contributed by atoms with Crippen LogP contribution in [0.25, 0.3) is 11.0 Å². The molecule has 0 amide bonds. The highest BCUT2D eigenvalue weighted by Gasteiger charge is 2.16. The van der Waals surface area contributed by atoms with Gasteiger partial charge in [0.1, 0.15) is 17.9 Å². The number of aryl methyl sites for hydroxylation is 1. The second-order valence-corrected chi connectivity index (χ2v) is 4.77. The van der Waals surface area contributed by atoms with E-state index in [2.05, 4.69) is 0 Å². The molecule has 5 nitrogen and oxygen atoms in total. The standard InChI is InChI=1S/C14H20N2O3/c1-10(2)16-11-6-5-7-12(19-9-8-18-4)13(11)15(3)14(16)17/h5-7,10H,8-9H2,1-4H3. The lowest BCUT2D eigenvalue weighted by atomic mass is 10.2. The molecule has 1 heterocycles. The number of fused-ring (bicyclic) bond motifs is 1. The Morgan fingerprint density at radius 3 is 2.63 bits per heavy atom. The molecule has 0 aliphatic carbocycles. The summed E-state index contributed by atoms with van der Waals surface area (Å²) in [6, 6.07) is 5.84. The summed E-state index contributed by atoms with van der Waals surface area (Å²) in [5.41, 5.74) is 1.71. The molecule has 0 N–H and O–H groups in total. The van der Waals surface area contributed by atoms with E-state index in [4.69, 9.17) is 9.47 Å². The van der Waals surface area contributed by atoms with Crippen LogP contribution in [0.15, 0.2) is 23.0 Å². The largest absolute Gasteiger partial charge is 0.489 e. The van der Waals surface area contributed by atoms with Gasteiger partial charge in [-0.25, -0.2) is 4.79 Å². The van der Waals surface area contributed by atoms with Crippen LogP contribution in [0.3, 0.4) is 0 Å². The highest BCUT2D eigenvalue weighted by molar-refractivity contribution is 5.82. The highest BCUT2D eigenvalue weighted by Crippen LogP contribution is 2.26. The number of ether oxygens (including phenoxy) is 2. The van der Waals surface area contributed by atoms with E-state index in [9.17, 15) is 4.79 Å². The van der Waals surface area contributed by atoms with E-state index in [1.807, 2.05) is 32.0 Å². The molecule has 0 unspecified atom stereocenters. The van der Waals surface area contributed by atoms with Crippen molar-refractivity contribution in [3.8, 4) is 5.75 Å². The van der Waals surface area contributed by atoms with E-state index in [1.165, 1.54) is 0 Å². The van der Waals surface area contributed by atoms with Crippen LogP contribution in [-0.2, 0) is 11.8 Å². The summed E-state index contributed by atoms with van der Waals surface area (Å²) >= 11 is 0. The maximum absolute atomic E-state index is 12.3. The van der Waals surface area contributed by atoms with E-state index in [-0.39, 0.29) is 11.7 Å². The first-order valence-corrected chi connectivity index (χ1v) is 6.39. The summed E-state index contributed by atoms with van der Waals surface area (Å²) < 4.78 is 14.1. The zero-order valence-electron chi connectivity index (χ0n) is 11.8. The van der Waals surface area contributed by atoms with Crippen LogP contribution in [0, 0.1) is 0 Å². The van der Waals surface area contributed by atoms with Gasteiger partial charge in [0, 0.05) is 20.2 Å². The maximum atomic E-state index is 12.3. The van der Waals surface area contributed by atoms with Crippen molar-refractivity contribution in [3.63, 3.8) is 0 Å². The number of hydrogen-bond donors (Lipinski definition) is 0. The lowest BCUT2D eigenvalue weighted by Gasteiger charge is -2.09. The Labute approximate surface area is 112 Å². The van der Waals surface area contributed by atoms with Crippen LogP contribution in [0.4, 0.5) is 0 Å². The number of hydrogen-bond acceptors (Lipinski definition) is 3. The van der Waals surface area contributed by atoms with E-state index in [1.54, 1.807) is 23.3 Å². The van der Waals surface area contributed by atoms with Crippen molar-refractivity contribution in [1.82, 2.24) is 9.13 Å². The minimum Gasteiger partial charge on any atom is -0.489 e. The molecule has 1 aromatic heterocycles. The molecule has 0 radical (unpaired) electrons. The normalized spacial score (nSPS) is 11.4. The van der Waals surface area contributed by atoms with Gasteiger partial charge in [0.2, 0.25) is 0 Å². The molecule has 0 bridgehead atoms. The van der Waals surface area contributed by atoms with Crippen molar-refractivity contribution in [1.29, 1.82) is 0 Å². The highest BCUT2D eigenvalue weighted by atomic mass is 16.5. The fraction of sp³-hybridized carbons (Fsp3) is 0.500. The van der Waals surface area contributed by atoms with Gasteiger partial charge in [-0.1, -0.05) is 6.07 Å². The molecule has 0 aliphatic heterocycles. The molecule has 2 aromatic rings. The van der Waals surface area contributed by atoms with Crippen LogP contribution < -0.4 is 10.4 Å². The van der Waals surface area contributed by atoms with Crippen LogP contribution in [0.5, 0.6) is 5.75 Å². The van der Waals surface area contributed by atoms with Gasteiger partial charge in [-0.05, 0) is 26.0 Å². The molecule has 1 aromatic carbocycles. The van der Waals surface area contributed by atoms with Gasteiger partial charge in [-0.3, -0.25) is 9.13 Å². The molecule has 0 fully saturated rings. The fourth-order valence-electron chi connectivity index (χ4n) is 2.25. The van der Waals surface area contributed by atoms with Crippen LogP contribution in [0.2, 0.25) is 0 Å². The van der Waals surface area contributed by atoms with Gasteiger partial charge in [-0.15, -0.1) is 0 Å². The summed E-state index contributed by atoms with van der Waals surface area (Å²) in [6.07, 6.45) is 0. The number of imidazole rings is 1. The molecule has 104 valence electrons. The first-order chi connectivity index (χ1) is 9.07. The molecule has 19 heavy (non-hydrogen) atoms. The number of benzene rings is 1. The fourth-order valence-corrected chi connectivity index (χ4v) is 2.25. The van der Waals surface area contributed by atoms with Gasteiger partial charge in [-0.2, -0.15) is 0 Å². The van der Waals surface area contributed by atoms with E-state index < -0.39 is 0 Å². The number of para-hydroxylation sites is 1. The van der Waals surface area contributed by atoms with Crippen molar-refractivity contribution in [3.05, 3.63) is 28.7 Å². The Kier molecular flexibility index (Phi) is 3.95. The summed E-state index contributed by atoms with van der Waals surface area (Å²) in [5, 5.41) is 0. The summed E-state index contributed by atoms with van der Waals surface area (Å²) in [5.74, 6) is 0.716. The molecule has 5 heteroatoms. The third-order valence-electron chi connectivity index (χ3n) is 3.13. The summed E-state index contributed by atoms with van der Waals surface area (Å²) in [7, 11) is 3.40. The van der Waals surface area contributed by atoms with Gasteiger partial charge in [0.25, 0.3) is 0 Å². The summed E-state index contributed by atoms with van der Waals surface area (Å²) in [6.45, 7) is 4.99. The third kappa shape index (κ3) is 2.38. The van der Waals surface area contributed by atoms with Crippen molar-refractivity contribution in [2.24, 2.45) is 7.05 Å². The molecular weight excluding hydrogens is 244 g/mol. The lowest BCUT2D eigenvalue weighted by Crippen LogP contribution is -2.23. The predicted octanol–water partition coefficient (Wildman–Crippen LogP) is 1.95. The Morgan fingerprint density at radius 2 is 2.00 bits per heavy atom. The number of aromatic nitrogens is 2. The molecular formula is C14H20N2O3. The van der Waals surface area contributed by atoms with E-state index >= 15 is 0 Å². The zero-order valence-corrected chi connectivity index (χ0v) is 11.8. The lowest BCUT2D eigenvalue weighted by molar-refractivity contribution is 0.147. The first-order valence-electron chi connectivity index (χ1n) is 6.39. The van der Waals surface area contributed by atoms with Gasteiger partial charge >= 0.3 is 5.69 Å². The number of rotatable bonds is 5. The predicted molar refractivity (Wildman–Crippen MR) is 74.9 cm³/mol. The van der Waals surface area contributed by atoms with Crippen molar-refractivity contribution >= 4 is 11.0 Å². The van der Waals surface area contributed by atoms with Gasteiger partial charge < -0.3 is 9.47 Å². The molecule has 0 atom stereocenters. The van der Waals surface area contributed by atoms with Crippen LogP contribution in [0.1, 0.15) is 19.9 Å². The molecule has 0 saturated heterocycles. The topological polar surface area (TPSA) is 45.4 Å².